The van der Waals surface area contributed by atoms with Crippen molar-refractivity contribution in [1.82, 2.24) is 4.98 Å². The van der Waals surface area contributed by atoms with Crippen LogP contribution >= 0.6 is 15.9 Å². The Labute approximate surface area is 106 Å². The summed E-state index contributed by atoms with van der Waals surface area (Å²) >= 11 is 3.18. The minimum Gasteiger partial charge on any atom is -0.481 e. The lowest BCUT2D eigenvalue weighted by atomic mass is 10.0. The van der Waals surface area contributed by atoms with Crippen LogP contribution in [0.2, 0.25) is 0 Å². The molecule has 0 aliphatic heterocycles. The summed E-state index contributed by atoms with van der Waals surface area (Å²) in [6.45, 7) is 3.28. The maximum Gasteiger partial charge on any atom is 0.312 e. The van der Waals surface area contributed by atoms with Crippen LogP contribution in [0.15, 0.2) is 10.7 Å². The van der Waals surface area contributed by atoms with Gasteiger partial charge in [-0.05, 0) is 29.3 Å². The molecule has 0 radical (unpaired) electrons. The van der Waals surface area contributed by atoms with Crippen LogP contribution in [-0.2, 0) is 4.79 Å². The van der Waals surface area contributed by atoms with Crippen LogP contribution in [0.3, 0.4) is 0 Å². The van der Waals surface area contributed by atoms with Gasteiger partial charge in [0.15, 0.2) is 0 Å². The summed E-state index contributed by atoms with van der Waals surface area (Å²) in [6.07, 6.45) is 1.47. The Bertz CT molecular complexity index is 476. The highest BCUT2D eigenvalue weighted by Gasteiger charge is 2.25. The average molecular weight is 303 g/mol. The Balaban J connectivity index is 3.34. The number of nitro groups is 1. The number of hydrogen-bond donors (Lipinski definition) is 1. The summed E-state index contributed by atoms with van der Waals surface area (Å²) in [6, 6.07) is 0. The second-order valence-electron chi connectivity index (χ2n) is 3.52. The molecule has 7 heteroatoms. The normalized spacial score (nSPS) is 12.2. The van der Waals surface area contributed by atoms with Gasteiger partial charge in [-0.15, -0.1) is 0 Å². The summed E-state index contributed by atoms with van der Waals surface area (Å²) in [5.74, 6) is -1.75. The van der Waals surface area contributed by atoms with Crippen LogP contribution in [0.4, 0.5) is 5.69 Å². The predicted octanol–water partition coefficient (Wildman–Crippen LogP) is 2.64. The van der Waals surface area contributed by atoms with Crippen molar-refractivity contribution in [2.24, 2.45) is 0 Å². The van der Waals surface area contributed by atoms with Crippen molar-refractivity contribution in [3.8, 4) is 0 Å². The summed E-state index contributed by atoms with van der Waals surface area (Å²) < 4.78 is 0.390. The molecular weight excluding hydrogens is 292 g/mol. The Morgan fingerprint density at radius 2 is 2.29 bits per heavy atom. The molecule has 1 atom stereocenters. The predicted molar refractivity (Wildman–Crippen MR) is 64.0 cm³/mol. The molecule has 1 aromatic heterocycles. The lowest BCUT2D eigenvalue weighted by molar-refractivity contribution is -0.385. The fourth-order valence-electron chi connectivity index (χ4n) is 1.50. The van der Waals surface area contributed by atoms with E-state index in [9.17, 15) is 14.9 Å². The minimum atomic E-state index is -0.992. The smallest absolute Gasteiger partial charge is 0.312 e. The third-order valence-electron chi connectivity index (χ3n) is 2.50. The largest absolute Gasteiger partial charge is 0.481 e. The summed E-state index contributed by atoms with van der Waals surface area (Å²) in [5.41, 5.74) is 0.587. The van der Waals surface area contributed by atoms with Gasteiger partial charge in [0.2, 0.25) is 0 Å². The summed E-state index contributed by atoms with van der Waals surface area (Å²) in [7, 11) is 0. The molecule has 1 aromatic rings. The molecule has 0 saturated heterocycles. The van der Waals surface area contributed by atoms with E-state index in [2.05, 4.69) is 20.9 Å². The van der Waals surface area contributed by atoms with Gasteiger partial charge in [-0.2, -0.15) is 0 Å². The molecule has 92 valence electrons. The molecule has 0 amide bonds. The number of carboxylic acid groups (broad SMARTS) is 1. The zero-order chi connectivity index (χ0) is 13.2. The number of rotatable bonds is 4. The van der Waals surface area contributed by atoms with Crippen LogP contribution in [0, 0.1) is 17.0 Å². The summed E-state index contributed by atoms with van der Waals surface area (Å²) in [5, 5.41) is 19.7. The van der Waals surface area contributed by atoms with Crippen molar-refractivity contribution in [3.63, 3.8) is 0 Å². The first-order chi connectivity index (χ1) is 7.90. The Hall–Kier alpha value is -1.50. The second kappa shape index (κ2) is 5.22. The molecule has 1 unspecified atom stereocenters. The van der Waals surface area contributed by atoms with Crippen LogP contribution in [0.5, 0.6) is 0 Å². The SMILES string of the molecule is CCC(C(=O)O)c1ncc([N+](=O)[O-])c(C)c1Br. The van der Waals surface area contributed by atoms with Gasteiger partial charge in [-0.25, -0.2) is 0 Å². The first-order valence-electron chi connectivity index (χ1n) is 4.92. The van der Waals surface area contributed by atoms with E-state index >= 15 is 0 Å². The molecule has 1 heterocycles. The van der Waals surface area contributed by atoms with Crippen molar-refractivity contribution in [2.45, 2.75) is 26.2 Å². The molecular formula is C10H11BrN2O4. The van der Waals surface area contributed by atoms with E-state index in [0.29, 0.717) is 22.2 Å². The van der Waals surface area contributed by atoms with Gasteiger partial charge in [0, 0.05) is 10.0 Å². The van der Waals surface area contributed by atoms with Crippen molar-refractivity contribution >= 4 is 27.6 Å². The van der Waals surface area contributed by atoms with Crippen LogP contribution in [0.25, 0.3) is 0 Å². The maximum absolute atomic E-state index is 11.0. The van der Waals surface area contributed by atoms with E-state index in [-0.39, 0.29) is 5.69 Å². The zero-order valence-electron chi connectivity index (χ0n) is 9.31. The number of carbonyl (C=O) groups is 1. The lowest BCUT2D eigenvalue weighted by Gasteiger charge is -2.12. The number of halogens is 1. The maximum atomic E-state index is 11.0. The van der Waals surface area contributed by atoms with Crippen molar-refractivity contribution in [1.29, 1.82) is 0 Å². The molecule has 6 nitrogen and oxygen atoms in total. The molecule has 1 rings (SSSR count). The van der Waals surface area contributed by atoms with E-state index in [0.717, 1.165) is 6.20 Å². The second-order valence-corrected chi connectivity index (χ2v) is 4.32. The molecule has 0 spiro atoms. The molecule has 0 bridgehead atoms. The van der Waals surface area contributed by atoms with E-state index in [1.54, 1.807) is 13.8 Å². The van der Waals surface area contributed by atoms with Gasteiger partial charge in [-0.3, -0.25) is 19.9 Å². The molecule has 0 aliphatic carbocycles. The molecule has 1 N–H and O–H groups in total. The van der Waals surface area contributed by atoms with Gasteiger partial charge < -0.3 is 5.11 Å². The number of carboxylic acids is 1. The first kappa shape index (κ1) is 13.6. The Morgan fingerprint density at radius 1 is 1.71 bits per heavy atom. The number of hydrogen-bond acceptors (Lipinski definition) is 4. The monoisotopic (exact) mass is 302 g/mol. The number of nitrogens with zero attached hydrogens (tertiary/aromatic N) is 2. The Morgan fingerprint density at radius 3 is 2.71 bits per heavy atom. The molecule has 0 fully saturated rings. The Kier molecular flexibility index (Phi) is 4.17. The van der Waals surface area contributed by atoms with E-state index in [1.165, 1.54) is 0 Å². The topological polar surface area (TPSA) is 93.3 Å². The average Bonchev–Trinajstić information content (AvgIpc) is 2.24. The highest BCUT2D eigenvalue weighted by Crippen LogP contribution is 2.32. The van der Waals surface area contributed by atoms with Gasteiger partial charge >= 0.3 is 5.97 Å². The standard InChI is InChI=1S/C10H11BrN2O4/c1-3-6(10(14)15)9-8(11)5(2)7(4-12-9)13(16)17/h4,6H,3H2,1-2H3,(H,14,15). The number of aliphatic carboxylic acids is 1. The number of pyridine rings is 1. The van der Waals surface area contributed by atoms with Crippen LogP contribution in [-0.4, -0.2) is 21.0 Å². The van der Waals surface area contributed by atoms with Crippen molar-refractivity contribution in [2.75, 3.05) is 0 Å². The van der Waals surface area contributed by atoms with E-state index in [4.69, 9.17) is 5.11 Å². The fraction of sp³-hybridized carbons (Fsp3) is 0.400. The molecule has 0 aromatic carbocycles. The third-order valence-corrected chi connectivity index (χ3v) is 3.50. The van der Waals surface area contributed by atoms with Crippen molar-refractivity contribution in [3.05, 3.63) is 32.0 Å². The quantitative estimate of drug-likeness (QED) is 0.681. The van der Waals surface area contributed by atoms with Gasteiger partial charge in [0.25, 0.3) is 5.69 Å². The first-order valence-corrected chi connectivity index (χ1v) is 5.71. The lowest BCUT2D eigenvalue weighted by Crippen LogP contribution is -2.13. The third kappa shape index (κ3) is 2.60. The molecule has 17 heavy (non-hydrogen) atoms. The van der Waals surface area contributed by atoms with Crippen LogP contribution in [0.1, 0.15) is 30.5 Å². The zero-order valence-corrected chi connectivity index (χ0v) is 10.9. The molecule has 0 saturated carbocycles. The van der Waals surface area contributed by atoms with Crippen molar-refractivity contribution < 1.29 is 14.8 Å². The van der Waals surface area contributed by atoms with Gasteiger partial charge in [0.1, 0.15) is 6.20 Å². The highest BCUT2D eigenvalue weighted by atomic mass is 79.9. The van der Waals surface area contributed by atoms with Gasteiger partial charge in [0.05, 0.1) is 16.5 Å². The summed E-state index contributed by atoms with van der Waals surface area (Å²) in [4.78, 5) is 25.0. The minimum absolute atomic E-state index is 0.124. The van der Waals surface area contributed by atoms with E-state index in [1.807, 2.05) is 0 Å². The van der Waals surface area contributed by atoms with Gasteiger partial charge in [-0.1, -0.05) is 6.92 Å². The highest BCUT2D eigenvalue weighted by molar-refractivity contribution is 9.10. The van der Waals surface area contributed by atoms with Crippen LogP contribution < -0.4 is 0 Å². The van der Waals surface area contributed by atoms with E-state index < -0.39 is 16.8 Å². The molecule has 0 aliphatic rings. The fourth-order valence-corrected chi connectivity index (χ4v) is 2.08. The number of aromatic nitrogens is 1.